The standard InChI is InChI=1S/C15H15F2NO/c1-2-10-4-3-5-12(6-10)18-9-11-7-13(16)15(19)14(17)8-11/h3-8,18-19H,2,9H2,1H3. The van der Waals surface area contributed by atoms with Gasteiger partial charge in [0.15, 0.2) is 17.4 Å². The van der Waals surface area contributed by atoms with Crippen LogP contribution in [0.1, 0.15) is 18.1 Å². The number of hydrogen-bond acceptors (Lipinski definition) is 2. The van der Waals surface area contributed by atoms with Crippen LogP contribution in [-0.4, -0.2) is 5.11 Å². The summed E-state index contributed by atoms with van der Waals surface area (Å²) in [6.45, 7) is 2.35. The van der Waals surface area contributed by atoms with E-state index in [1.165, 1.54) is 5.56 Å². The average molecular weight is 263 g/mol. The Hall–Kier alpha value is -2.10. The highest BCUT2D eigenvalue weighted by molar-refractivity contribution is 5.46. The van der Waals surface area contributed by atoms with Crippen LogP contribution in [0.25, 0.3) is 0 Å². The van der Waals surface area contributed by atoms with Gasteiger partial charge in [-0.1, -0.05) is 19.1 Å². The normalized spacial score (nSPS) is 10.5. The Morgan fingerprint density at radius 1 is 1.05 bits per heavy atom. The molecule has 0 aromatic heterocycles. The van der Waals surface area contributed by atoms with Crippen molar-refractivity contribution < 1.29 is 13.9 Å². The van der Waals surface area contributed by atoms with E-state index in [1.807, 2.05) is 24.3 Å². The van der Waals surface area contributed by atoms with E-state index in [4.69, 9.17) is 5.11 Å². The molecule has 0 radical (unpaired) electrons. The molecule has 0 spiro atoms. The van der Waals surface area contributed by atoms with Gasteiger partial charge >= 0.3 is 0 Å². The second-order valence-corrected chi connectivity index (χ2v) is 4.32. The van der Waals surface area contributed by atoms with E-state index in [2.05, 4.69) is 12.2 Å². The van der Waals surface area contributed by atoms with Crippen molar-refractivity contribution in [1.29, 1.82) is 0 Å². The predicted molar refractivity (Wildman–Crippen MR) is 71.2 cm³/mol. The third kappa shape index (κ3) is 3.22. The summed E-state index contributed by atoms with van der Waals surface area (Å²) in [6.07, 6.45) is 0.929. The molecule has 0 aliphatic rings. The Balaban J connectivity index is 2.10. The van der Waals surface area contributed by atoms with Crippen molar-refractivity contribution in [2.45, 2.75) is 19.9 Å². The van der Waals surface area contributed by atoms with E-state index in [9.17, 15) is 8.78 Å². The molecule has 0 aliphatic heterocycles. The molecule has 0 atom stereocenters. The Kier molecular flexibility index (Phi) is 4.00. The molecular formula is C15H15F2NO. The van der Waals surface area contributed by atoms with Gasteiger partial charge in [-0.25, -0.2) is 8.78 Å². The van der Waals surface area contributed by atoms with E-state index in [1.54, 1.807) is 0 Å². The number of halogens is 2. The average Bonchev–Trinajstić information content (AvgIpc) is 2.42. The van der Waals surface area contributed by atoms with Crippen molar-refractivity contribution in [1.82, 2.24) is 0 Å². The summed E-state index contributed by atoms with van der Waals surface area (Å²) in [5, 5.41) is 12.1. The third-order valence-corrected chi connectivity index (χ3v) is 2.91. The Morgan fingerprint density at radius 3 is 2.37 bits per heavy atom. The van der Waals surface area contributed by atoms with Crippen LogP contribution in [-0.2, 0) is 13.0 Å². The van der Waals surface area contributed by atoms with Crippen molar-refractivity contribution >= 4 is 5.69 Å². The van der Waals surface area contributed by atoms with Gasteiger partial charge < -0.3 is 10.4 Å². The summed E-state index contributed by atoms with van der Waals surface area (Å²) >= 11 is 0. The highest BCUT2D eigenvalue weighted by Crippen LogP contribution is 2.22. The zero-order valence-corrected chi connectivity index (χ0v) is 10.6. The number of nitrogens with one attached hydrogen (secondary N) is 1. The SMILES string of the molecule is CCc1cccc(NCc2cc(F)c(O)c(F)c2)c1. The molecule has 2 rings (SSSR count). The number of phenols is 1. The first-order valence-electron chi connectivity index (χ1n) is 6.10. The van der Waals surface area contributed by atoms with Crippen LogP contribution in [0.2, 0.25) is 0 Å². The number of hydrogen-bond donors (Lipinski definition) is 2. The van der Waals surface area contributed by atoms with Gasteiger partial charge in [-0.3, -0.25) is 0 Å². The van der Waals surface area contributed by atoms with Gasteiger partial charge in [0.1, 0.15) is 0 Å². The van der Waals surface area contributed by atoms with E-state index in [0.29, 0.717) is 12.1 Å². The summed E-state index contributed by atoms with van der Waals surface area (Å²) < 4.78 is 26.3. The fraction of sp³-hybridized carbons (Fsp3) is 0.200. The first kappa shape index (κ1) is 13.3. The number of anilines is 1. The largest absolute Gasteiger partial charge is 0.503 e. The van der Waals surface area contributed by atoms with Gasteiger partial charge in [-0.05, 0) is 41.8 Å². The Bertz CT molecular complexity index is 561. The second-order valence-electron chi connectivity index (χ2n) is 4.32. The Morgan fingerprint density at radius 2 is 1.74 bits per heavy atom. The van der Waals surface area contributed by atoms with Crippen molar-refractivity contribution in [2.24, 2.45) is 0 Å². The summed E-state index contributed by atoms with van der Waals surface area (Å²) in [5.74, 6) is -2.82. The zero-order chi connectivity index (χ0) is 13.8. The van der Waals surface area contributed by atoms with Gasteiger partial charge in [0.25, 0.3) is 0 Å². The van der Waals surface area contributed by atoms with Gasteiger partial charge in [0.05, 0.1) is 0 Å². The lowest BCUT2D eigenvalue weighted by molar-refractivity contribution is 0.395. The molecule has 19 heavy (non-hydrogen) atoms. The number of benzene rings is 2. The molecule has 0 aliphatic carbocycles. The lowest BCUT2D eigenvalue weighted by Gasteiger charge is -2.09. The van der Waals surface area contributed by atoms with E-state index < -0.39 is 17.4 Å². The molecular weight excluding hydrogens is 248 g/mol. The first-order valence-corrected chi connectivity index (χ1v) is 6.10. The van der Waals surface area contributed by atoms with Crippen LogP contribution in [0.4, 0.5) is 14.5 Å². The van der Waals surface area contributed by atoms with Gasteiger partial charge in [0, 0.05) is 12.2 Å². The van der Waals surface area contributed by atoms with Crippen LogP contribution in [0.3, 0.4) is 0 Å². The molecule has 2 N–H and O–H groups in total. The Labute approximate surface area is 110 Å². The summed E-state index contributed by atoms with van der Waals surface area (Å²) in [4.78, 5) is 0. The van der Waals surface area contributed by atoms with E-state index in [0.717, 1.165) is 24.2 Å². The number of aromatic hydroxyl groups is 1. The molecule has 2 aromatic carbocycles. The third-order valence-electron chi connectivity index (χ3n) is 2.91. The maximum atomic E-state index is 13.2. The minimum Gasteiger partial charge on any atom is -0.503 e. The smallest absolute Gasteiger partial charge is 0.187 e. The molecule has 100 valence electrons. The lowest BCUT2D eigenvalue weighted by Crippen LogP contribution is -2.01. The number of aryl methyl sites for hydroxylation is 1. The summed E-state index contributed by atoms with van der Waals surface area (Å²) in [6, 6.07) is 10.1. The van der Waals surface area contributed by atoms with Crippen LogP contribution >= 0.6 is 0 Å². The molecule has 2 nitrogen and oxygen atoms in total. The molecule has 0 bridgehead atoms. The topological polar surface area (TPSA) is 32.3 Å². The highest BCUT2D eigenvalue weighted by Gasteiger charge is 2.09. The summed E-state index contributed by atoms with van der Waals surface area (Å²) in [7, 11) is 0. The van der Waals surface area contributed by atoms with Crippen LogP contribution in [0, 0.1) is 11.6 Å². The molecule has 0 heterocycles. The van der Waals surface area contributed by atoms with Crippen LogP contribution in [0.15, 0.2) is 36.4 Å². The highest BCUT2D eigenvalue weighted by atomic mass is 19.1. The van der Waals surface area contributed by atoms with Crippen molar-refractivity contribution in [3.05, 3.63) is 59.2 Å². The zero-order valence-electron chi connectivity index (χ0n) is 10.6. The molecule has 0 unspecified atom stereocenters. The van der Waals surface area contributed by atoms with Crippen LogP contribution in [0.5, 0.6) is 5.75 Å². The van der Waals surface area contributed by atoms with Gasteiger partial charge in [-0.15, -0.1) is 0 Å². The maximum Gasteiger partial charge on any atom is 0.187 e. The van der Waals surface area contributed by atoms with E-state index >= 15 is 0 Å². The fourth-order valence-corrected chi connectivity index (χ4v) is 1.83. The van der Waals surface area contributed by atoms with Crippen molar-refractivity contribution in [2.75, 3.05) is 5.32 Å². The number of rotatable bonds is 4. The van der Waals surface area contributed by atoms with E-state index in [-0.39, 0.29) is 0 Å². The quantitative estimate of drug-likeness (QED) is 0.878. The predicted octanol–water partition coefficient (Wildman–Crippen LogP) is 3.84. The lowest BCUT2D eigenvalue weighted by atomic mass is 10.1. The minimum absolute atomic E-state index is 0.293. The number of phenolic OH excluding ortho intramolecular Hbond substituents is 1. The molecule has 0 saturated carbocycles. The van der Waals surface area contributed by atoms with Crippen LogP contribution < -0.4 is 5.32 Å². The monoisotopic (exact) mass is 263 g/mol. The van der Waals surface area contributed by atoms with Crippen molar-refractivity contribution in [3.8, 4) is 5.75 Å². The second kappa shape index (κ2) is 5.69. The molecule has 0 fully saturated rings. The van der Waals surface area contributed by atoms with Crippen molar-refractivity contribution in [3.63, 3.8) is 0 Å². The van der Waals surface area contributed by atoms with Gasteiger partial charge in [-0.2, -0.15) is 0 Å². The molecule has 4 heteroatoms. The first-order chi connectivity index (χ1) is 9.10. The fourth-order valence-electron chi connectivity index (χ4n) is 1.83. The molecule has 0 amide bonds. The maximum absolute atomic E-state index is 13.2. The minimum atomic E-state index is -0.945. The molecule has 2 aromatic rings. The van der Waals surface area contributed by atoms with Gasteiger partial charge in [0.2, 0.25) is 0 Å². The summed E-state index contributed by atoms with van der Waals surface area (Å²) in [5.41, 5.74) is 2.52. The molecule has 0 saturated heterocycles.